The van der Waals surface area contributed by atoms with Crippen molar-refractivity contribution in [2.75, 3.05) is 5.43 Å². The Morgan fingerprint density at radius 2 is 1.89 bits per heavy atom. The molecule has 0 fully saturated rings. The Morgan fingerprint density at radius 3 is 2.58 bits per heavy atom. The molecule has 7 nitrogen and oxygen atoms in total. The summed E-state index contributed by atoms with van der Waals surface area (Å²) in [5, 5.41) is 0. The Bertz CT molecular complexity index is 645. The normalized spacial score (nSPS) is 11.2. The molecule has 0 saturated carbocycles. The topological polar surface area (TPSA) is 110 Å². The molecule has 2 rings (SSSR count). The number of aromatic nitrogens is 2. The van der Waals surface area contributed by atoms with Crippen LogP contribution in [0, 0.1) is 0 Å². The number of anilines is 1. The molecule has 0 aliphatic rings. The highest BCUT2D eigenvalue weighted by Crippen LogP contribution is 2.12. The number of nitrogens with zero attached hydrogens (tertiary/aromatic N) is 2. The van der Waals surface area contributed by atoms with E-state index in [-0.39, 0.29) is 17.3 Å². The van der Waals surface area contributed by atoms with Crippen molar-refractivity contribution < 1.29 is 8.42 Å². The summed E-state index contributed by atoms with van der Waals surface area (Å²) < 4.78 is 26.6. The molecule has 0 atom stereocenters. The molecule has 100 valence electrons. The molecule has 0 aliphatic carbocycles. The largest absolute Gasteiger partial charge is 0.308 e. The zero-order valence-electron chi connectivity index (χ0n) is 9.95. The number of hydrogen-bond acceptors (Lipinski definition) is 6. The third-order valence-electron chi connectivity index (χ3n) is 2.41. The number of pyridine rings is 2. The quantitative estimate of drug-likeness (QED) is 0.534. The van der Waals surface area contributed by atoms with Gasteiger partial charge in [0, 0.05) is 31.2 Å². The number of sulfonamides is 1. The predicted molar refractivity (Wildman–Crippen MR) is 70.3 cm³/mol. The first kappa shape index (κ1) is 13.4. The highest BCUT2D eigenvalue weighted by Gasteiger charge is 2.14. The molecule has 4 N–H and O–H groups in total. The number of hydrogen-bond donors (Lipinski definition) is 3. The van der Waals surface area contributed by atoms with E-state index in [0.29, 0.717) is 0 Å². The average Bonchev–Trinajstić information content (AvgIpc) is 2.46. The van der Waals surface area contributed by atoms with E-state index in [1.807, 2.05) is 0 Å². The van der Waals surface area contributed by atoms with E-state index < -0.39 is 10.0 Å². The summed E-state index contributed by atoms with van der Waals surface area (Å²) >= 11 is 0. The second-order valence-corrected chi connectivity index (χ2v) is 5.47. The van der Waals surface area contributed by atoms with Gasteiger partial charge in [-0.2, -0.15) is 0 Å². The van der Waals surface area contributed by atoms with E-state index in [0.717, 1.165) is 5.56 Å². The van der Waals surface area contributed by atoms with Crippen molar-refractivity contribution in [2.45, 2.75) is 11.4 Å². The van der Waals surface area contributed by atoms with Gasteiger partial charge in [0.25, 0.3) is 0 Å². The second kappa shape index (κ2) is 5.74. The number of nitrogens with two attached hydrogens (primary N) is 1. The maximum Gasteiger partial charge on any atom is 0.241 e. The standard InChI is InChI=1S/C11H13N5O2S/c12-16-11-7-10(3-6-14-11)19(17,18)15-8-9-1-4-13-5-2-9/h1-7,15H,8,12H2,(H,14,16). The molecule has 0 radical (unpaired) electrons. The molecular weight excluding hydrogens is 266 g/mol. The van der Waals surface area contributed by atoms with Gasteiger partial charge in [-0.1, -0.05) is 0 Å². The third-order valence-corrected chi connectivity index (χ3v) is 3.80. The lowest BCUT2D eigenvalue weighted by atomic mass is 10.3. The Balaban J connectivity index is 2.14. The molecular formula is C11H13N5O2S. The van der Waals surface area contributed by atoms with Crippen LogP contribution in [0.3, 0.4) is 0 Å². The van der Waals surface area contributed by atoms with Crippen LogP contribution < -0.4 is 16.0 Å². The van der Waals surface area contributed by atoms with Gasteiger partial charge in [-0.15, -0.1) is 0 Å². The van der Waals surface area contributed by atoms with Gasteiger partial charge in [-0.25, -0.2) is 24.0 Å². The molecule has 0 aliphatic heterocycles. The van der Waals surface area contributed by atoms with Gasteiger partial charge < -0.3 is 5.43 Å². The summed E-state index contributed by atoms with van der Waals surface area (Å²) in [6.45, 7) is 0.193. The van der Waals surface area contributed by atoms with Gasteiger partial charge in [0.15, 0.2) is 0 Å². The van der Waals surface area contributed by atoms with Crippen LogP contribution in [-0.4, -0.2) is 18.4 Å². The van der Waals surface area contributed by atoms with Crippen molar-refractivity contribution in [2.24, 2.45) is 5.84 Å². The Labute approximate surface area is 110 Å². The zero-order valence-corrected chi connectivity index (χ0v) is 10.8. The van der Waals surface area contributed by atoms with E-state index in [1.54, 1.807) is 24.5 Å². The van der Waals surface area contributed by atoms with E-state index in [1.165, 1.54) is 18.3 Å². The summed E-state index contributed by atoms with van der Waals surface area (Å²) in [5.41, 5.74) is 3.13. The molecule has 19 heavy (non-hydrogen) atoms. The molecule has 0 unspecified atom stereocenters. The number of nitrogens with one attached hydrogen (secondary N) is 2. The SMILES string of the molecule is NNc1cc(S(=O)(=O)NCc2ccncc2)ccn1. The van der Waals surface area contributed by atoms with E-state index >= 15 is 0 Å². The summed E-state index contributed by atoms with van der Waals surface area (Å²) in [5.74, 6) is 5.48. The lowest BCUT2D eigenvalue weighted by Crippen LogP contribution is -2.23. The first-order valence-electron chi connectivity index (χ1n) is 5.43. The molecule has 0 spiro atoms. The number of nitrogen functional groups attached to an aromatic ring is 1. The van der Waals surface area contributed by atoms with Gasteiger partial charge in [0.05, 0.1) is 4.90 Å². The van der Waals surface area contributed by atoms with Crippen molar-refractivity contribution in [3.8, 4) is 0 Å². The van der Waals surface area contributed by atoms with Crippen LogP contribution in [0.5, 0.6) is 0 Å². The number of hydrazine groups is 1. The number of rotatable bonds is 5. The first-order valence-corrected chi connectivity index (χ1v) is 6.91. The maximum atomic E-state index is 12.1. The first-order chi connectivity index (χ1) is 9.12. The highest BCUT2D eigenvalue weighted by atomic mass is 32.2. The molecule has 0 aromatic carbocycles. The monoisotopic (exact) mass is 279 g/mol. The lowest BCUT2D eigenvalue weighted by Gasteiger charge is -2.07. The molecule has 2 heterocycles. The van der Waals surface area contributed by atoms with E-state index in [4.69, 9.17) is 5.84 Å². The highest BCUT2D eigenvalue weighted by molar-refractivity contribution is 7.89. The minimum Gasteiger partial charge on any atom is -0.308 e. The third kappa shape index (κ3) is 3.47. The Kier molecular flexibility index (Phi) is 4.05. The molecule has 2 aromatic heterocycles. The smallest absolute Gasteiger partial charge is 0.241 e. The van der Waals surface area contributed by atoms with Gasteiger partial charge in [-0.05, 0) is 23.8 Å². The summed E-state index contributed by atoms with van der Waals surface area (Å²) in [6.07, 6.45) is 4.58. The van der Waals surface area contributed by atoms with Crippen molar-refractivity contribution >= 4 is 15.8 Å². The van der Waals surface area contributed by atoms with Crippen molar-refractivity contribution in [1.29, 1.82) is 0 Å². The van der Waals surface area contributed by atoms with Gasteiger partial charge in [0.1, 0.15) is 5.82 Å². The van der Waals surface area contributed by atoms with Crippen LogP contribution in [0.25, 0.3) is 0 Å². The van der Waals surface area contributed by atoms with Crippen molar-refractivity contribution in [3.63, 3.8) is 0 Å². The van der Waals surface area contributed by atoms with Crippen LogP contribution in [0.1, 0.15) is 5.56 Å². The molecule has 8 heteroatoms. The van der Waals surface area contributed by atoms with Crippen LogP contribution >= 0.6 is 0 Å². The van der Waals surface area contributed by atoms with E-state index in [9.17, 15) is 8.42 Å². The van der Waals surface area contributed by atoms with Crippen LogP contribution in [0.4, 0.5) is 5.82 Å². The molecule has 0 bridgehead atoms. The summed E-state index contributed by atoms with van der Waals surface area (Å²) in [6, 6.07) is 6.23. The fourth-order valence-corrected chi connectivity index (χ4v) is 2.45. The fourth-order valence-electron chi connectivity index (χ4n) is 1.42. The van der Waals surface area contributed by atoms with Gasteiger partial charge >= 0.3 is 0 Å². The Morgan fingerprint density at radius 1 is 1.16 bits per heavy atom. The van der Waals surface area contributed by atoms with E-state index in [2.05, 4.69) is 20.1 Å². The Hall–Kier alpha value is -2.03. The maximum absolute atomic E-state index is 12.1. The van der Waals surface area contributed by atoms with Crippen molar-refractivity contribution in [1.82, 2.24) is 14.7 Å². The lowest BCUT2D eigenvalue weighted by molar-refractivity contribution is 0.581. The van der Waals surface area contributed by atoms with Crippen molar-refractivity contribution in [3.05, 3.63) is 48.4 Å². The second-order valence-electron chi connectivity index (χ2n) is 3.70. The molecule has 0 saturated heterocycles. The zero-order chi connectivity index (χ0) is 13.7. The fraction of sp³-hybridized carbons (Fsp3) is 0.0909. The van der Waals surface area contributed by atoms with Crippen LogP contribution in [0.2, 0.25) is 0 Å². The van der Waals surface area contributed by atoms with Crippen LogP contribution in [-0.2, 0) is 16.6 Å². The van der Waals surface area contributed by atoms with Crippen LogP contribution in [0.15, 0.2) is 47.8 Å². The average molecular weight is 279 g/mol. The molecule has 0 amide bonds. The van der Waals surface area contributed by atoms with Gasteiger partial charge in [-0.3, -0.25) is 4.98 Å². The minimum absolute atomic E-state index is 0.101. The minimum atomic E-state index is -3.60. The van der Waals surface area contributed by atoms with Gasteiger partial charge in [0.2, 0.25) is 10.0 Å². The summed E-state index contributed by atoms with van der Waals surface area (Å²) in [7, 11) is -3.60. The summed E-state index contributed by atoms with van der Waals surface area (Å²) in [4.78, 5) is 7.82. The predicted octanol–water partition coefficient (Wildman–Crippen LogP) is 0.241. The molecule has 2 aromatic rings.